The molecule has 1 N–H and O–H groups in total. The average molecular weight is 466 g/mol. The number of aryl methyl sites for hydroxylation is 1. The molecule has 0 saturated carbocycles. The van der Waals surface area contributed by atoms with Crippen LogP contribution in [0.15, 0.2) is 41.3 Å². The molecule has 0 saturated heterocycles. The first kappa shape index (κ1) is 18.0. The molecule has 0 fully saturated rings. The lowest BCUT2D eigenvalue weighted by molar-refractivity contribution is 0.0602. The van der Waals surface area contributed by atoms with E-state index in [0.717, 1.165) is 5.56 Å². The minimum Gasteiger partial charge on any atom is -0.465 e. The van der Waals surface area contributed by atoms with Crippen LogP contribution in [0.2, 0.25) is 5.02 Å². The third-order valence-corrected chi connectivity index (χ3v) is 5.46. The SMILES string of the molecule is COC(=O)c1cc(Cl)cc(I)c1NS(=O)(=O)c1ccc(C)cc1. The first-order chi connectivity index (χ1) is 10.7. The molecule has 0 unspecified atom stereocenters. The summed E-state index contributed by atoms with van der Waals surface area (Å²) in [6, 6.07) is 9.31. The van der Waals surface area contributed by atoms with E-state index in [4.69, 9.17) is 11.6 Å². The highest BCUT2D eigenvalue weighted by Gasteiger charge is 2.22. The fourth-order valence-electron chi connectivity index (χ4n) is 1.86. The summed E-state index contributed by atoms with van der Waals surface area (Å²) in [4.78, 5) is 12.0. The number of hydrogen-bond donors (Lipinski definition) is 1. The molecule has 23 heavy (non-hydrogen) atoms. The summed E-state index contributed by atoms with van der Waals surface area (Å²) >= 11 is 7.85. The van der Waals surface area contributed by atoms with E-state index in [1.165, 1.54) is 25.3 Å². The van der Waals surface area contributed by atoms with Crippen molar-refractivity contribution in [3.63, 3.8) is 0 Å². The van der Waals surface area contributed by atoms with Gasteiger partial charge in [0.2, 0.25) is 0 Å². The summed E-state index contributed by atoms with van der Waals surface area (Å²) in [6.45, 7) is 1.86. The van der Waals surface area contributed by atoms with Gasteiger partial charge in [-0.1, -0.05) is 29.3 Å². The van der Waals surface area contributed by atoms with E-state index in [2.05, 4.69) is 9.46 Å². The zero-order valence-corrected chi connectivity index (χ0v) is 16.0. The predicted octanol–water partition coefficient (Wildman–Crippen LogP) is 3.84. The smallest absolute Gasteiger partial charge is 0.340 e. The molecular formula is C15H13ClINO4S. The van der Waals surface area contributed by atoms with E-state index in [0.29, 0.717) is 8.59 Å². The van der Waals surface area contributed by atoms with Crippen molar-refractivity contribution in [2.24, 2.45) is 0 Å². The Morgan fingerprint density at radius 2 is 1.83 bits per heavy atom. The number of nitrogens with one attached hydrogen (secondary N) is 1. The standard InChI is InChI=1S/C15H13ClINO4S/c1-9-3-5-11(6-4-9)23(20,21)18-14-12(15(19)22-2)7-10(16)8-13(14)17/h3-8,18H,1-2H3. The highest BCUT2D eigenvalue weighted by molar-refractivity contribution is 14.1. The molecule has 0 aliphatic heterocycles. The molecule has 0 atom stereocenters. The quantitative estimate of drug-likeness (QED) is 0.550. The molecule has 0 heterocycles. The van der Waals surface area contributed by atoms with Gasteiger partial charge in [0.15, 0.2) is 0 Å². The van der Waals surface area contributed by atoms with E-state index >= 15 is 0 Å². The van der Waals surface area contributed by atoms with Crippen molar-refractivity contribution < 1.29 is 17.9 Å². The van der Waals surface area contributed by atoms with Crippen LogP contribution in [-0.4, -0.2) is 21.5 Å². The Bertz CT molecular complexity index is 851. The van der Waals surface area contributed by atoms with Crippen molar-refractivity contribution in [2.45, 2.75) is 11.8 Å². The number of rotatable bonds is 4. The fraction of sp³-hybridized carbons (Fsp3) is 0.133. The second kappa shape index (κ2) is 7.06. The molecule has 2 aromatic rings. The molecule has 2 rings (SSSR count). The second-order valence-corrected chi connectivity index (χ2v) is 8.00. The van der Waals surface area contributed by atoms with Gasteiger partial charge in [0.1, 0.15) is 0 Å². The number of esters is 1. The van der Waals surface area contributed by atoms with Gasteiger partial charge >= 0.3 is 5.97 Å². The largest absolute Gasteiger partial charge is 0.465 e. The summed E-state index contributed by atoms with van der Waals surface area (Å²) < 4.78 is 32.6. The lowest BCUT2D eigenvalue weighted by atomic mass is 10.2. The minimum absolute atomic E-state index is 0.0556. The van der Waals surface area contributed by atoms with Gasteiger partial charge in [0, 0.05) is 8.59 Å². The third-order valence-electron chi connectivity index (χ3n) is 3.03. The zero-order chi connectivity index (χ0) is 17.2. The average Bonchev–Trinajstić information content (AvgIpc) is 2.49. The number of methoxy groups -OCH3 is 1. The summed E-state index contributed by atoms with van der Waals surface area (Å²) in [6.07, 6.45) is 0. The molecule has 2 aromatic carbocycles. The van der Waals surface area contributed by atoms with Gasteiger partial charge in [-0.15, -0.1) is 0 Å². The van der Waals surface area contributed by atoms with Crippen molar-refractivity contribution in [1.82, 2.24) is 0 Å². The fourth-order valence-corrected chi connectivity index (χ4v) is 4.31. The van der Waals surface area contributed by atoms with Gasteiger partial charge in [-0.25, -0.2) is 13.2 Å². The number of ether oxygens (including phenoxy) is 1. The molecule has 0 aliphatic rings. The Balaban J connectivity index is 2.50. The number of anilines is 1. The maximum atomic E-state index is 12.5. The molecule has 5 nitrogen and oxygen atoms in total. The number of benzene rings is 2. The highest BCUT2D eigenvalue weighted by Crippen LogP contribution is 2.30. The van der Waals surface area contributed by atoms with Crippen LogP contribution >= 0.6 is 34.2 Å². The monoisotopic (exact) mass is 465 g/mol. The van der Waals surface area contributed by atoms with Crippen LogP contribution in [0.25, 0.3) is 0 Å². The Labute approximate surface area is 153 Å². The van der Waals surface area contributed by atoms with Gasteiger partial charge in [0.05, 0.1) is 23.3 Å². The minimum atomic E-state index is -3.84. The van der Waals surface area contributed by atoms with E-state index in [9.17, 15) is 13.2 Å². The van der Waals surface area contributed by atoms with E-state index in [-0.39, 0.29) is 16.1 Å². The molecule has 8 heteroatoms. The van der Waals surface area contributed by atoms with E-state index in [1.807, 2.05) is 29.5 Å². The number of sulfonamides is 1. The Hall–Kier alpha value is -1.32. The summed E-state index contributed by atoms with van der Waals surface area (Å²) in [5, 5.41) is 0.313. The highest BCUT2D eigenvalue weighted by atomic mass is 127. The van der Waals surface area contributed by atoms with E-state index < -0.39 is 16.0 Å². The Morgan fingerprint density at radius 1 is 1.22 bits per heavy atom. The maximum absolute atomic E-state index is 12.5. The molecular weight excluding hydrogens is 453 g/mol. The Morgan fingerprint density at radius 3 is 2.39 bits per heavy atom. The van der Waals surface area contributed by atoms with Crippen molar-refractivity contribution in [1.29, 1.82) is 0 Å². The third kappa shape index (κ3) is 4.15. The van der Waals surface area contributed by atoms with Crippen LogP contribution in [0, 0.1) is 10.5 Å². The lowest BCUT2D eigenvalue weighted by Gasteiger charge is -2.14. The van der Waals surface area contributed by atoms with Crippen molar-refractivity contribution in [3.8, 4) is 0 Å². The van der Waals surface area contributed by atoms with Gasteiger partial charge in [-0.3, -0.25) is 4.72 Å². The van der Waals surface area contributed by atoms with Crippen LogP contribution in [0.3, 0.4) is 0 Å². The van der Waals surface area contributed by atoms with Crippen molar-refractivity contribution in [2.75, 3.05) is 11.8 Å². The van der Waals surface area contributed by atoms with Crippen LogP contribution in [0.1, 0.15) is 15.9 Å². The first-order valence-corrected chi connectivity index (χ1v) is 9.35. The van der Waals surface area contributed by atoms with Crippen molar-refractivity contribution in [3.05, 3.63) is 56.1 Å². The van der Waals surface area contributed by atoms with Crippen LogP contribution in [-0.2, 0) is 14.8 Å². The molecule has 0 radical (unpaired) electrons. The summed E-state index contributed by atoms with van der Waals surface area (Å²) in [7, 11) is -2.62. The van der Waals surface area contributed by atoms with E-state index in [1.54, 1.807) is 18.2 Å². The summed E-state index contributed by atoms with van der Waals surface area (Å²) in [5.74, 6) is -0.674. The number of carbonyl (C=O) groups is 1. The van der Waals surface area contributed by atoms with Gasteiger partial charge in [-0.2, -0.15) is 0 Å². The lowest BCUT2D eigenvalue weighted by Crippen LogP contribution is -2.17. The second-order valence-electron chi connectivity index (χ2n) is 4.72. The normalized spacial score (nSPS) is 11.1. The van der Waals surface area contributed by atoms with Crippen molar-refractivity contribution >= 4 is 55.9 Å². The summed E-state index contributed by atoms with van der Waals surface area (Å²) in [5.41, 5.74) is 1.14. The number of hydrogen-bond acceptors (Lipinski definition) is 4. The molecule has 0 bridgehead atoms. The van der Waals surface area contributed by atoms with Crippen LogP contribution < -0.4 is 4.72 Å². The Kier molecular flexibility index (Phi) is 5.53. The van der Waals surface area contributed by atoms with Crippen LogP contribution in [0.4, 0.5) is 5.69 Å². The topological polar surface area (TPSA) is 72.5 Å². The molecule has 0 aromatic heterocycles. The zero-order valence-electron chi connectivity index (χ0n) is 12.3. The van der Waals surface area contributed by atoms with Gasteiger partial charge < -0.3 is 4.74 Å². The van der Waals surface area contributed by atoms with Gasteiger partial charge in [0.25, 0.3) is 10.0 Å². The number of halogens is 2. The van der Waals surface area contributed by atoms with Gasteiger partial charge in [-0.05, 0) is 53.8 Å². The molecule has 122 valence electrons. The number of carbonyl (C=O) groups excluding carboxylic acids is 1. The predicted molar refractivity (Wildman–Crippen MR) is 97.5 cm³/mol. The molecule has 0 spiro atoms. The maximum Gasteiger partial charge on any atom is 0.340 e. The molecule has 0 aliphatic carbocycles. The molecule has 0 amide bonds. The first-order valence-electron chi connectivity index (χ1n) is 6.41. The van der Waals surface area contributed by atoms with Crippen LogP contribution in [0.5, 0.6) is 0 Å².